The Bertz CT molecular complexity index is 1550. The molecular formula is C30H39N5O5S. The van der Waals surface area contributed by atoms with Crippen LogP contribution in [0.5, 0.6) is 5.88 Å². The average Bonchev–Trinajstić information content (AvgIpc) is 3.40. The topological polar surface area (TPSA) is 123 Å². The van der Waals surface area contributed by atoms with E-state index in [1.54, 1.807) is 18.2 Å². The molecule has 0 spiro atoms. The number of carbonyl (C=O) groups is 1. The molecule has 3 aliphatic rings. The van der Waals surface area contributed by atoms with Gasteiger partial charge in [-0.05, 0) is 68.4 Å². The minimum Gasteiger partial charge on any atom is -0.471 e. The Morgan fingerprint density at radius 2 is 1.78 bits per heavy atom. The molecule has 4 heterocycles. The van der Waals surface area contributed by atoms with E-state index in [9.17, 15) is 13.2 Å². The van der Waals surface area contributed by atoms with E-state index in [4.69, 9.17) is 9.47 Å². The van der Waals surface area contributed by atoms with Gasteiger partial charge in [0.1, 0.15) is 6.10 Å². The van der Waals surface area contributed by atoms with E-state index in [0.717, 1.165) is 49.2 Å². The van der Waals surface area contributed by atoms with Crippen LogP contribution in [0.15, 0.2) is 53.4 Å². The molecule has 0 radical (unpaired) electrons. The lowest BCUT2D eigenvalue weighted by molar-refractivity contribution is 0.0425. The zero-order chi connectivity index (χ0) is 28.6. The molecule has 0 saturated carbocycles. The second-order valence-corrected chi connectivity index (χ2v) is 12.7. The fourth-order valence-corrected chi connectivity index (χ4v) is 7.01. The van der Waals surface area contributed by atoms with E-state index in [1.165, 1.54) is 12.1 Å². The minimum absolute atomic E-state index is 0. The van der Waals surface area contributed by atoms with Crippen molar-refractivity contribution in [2.75, 3.05) is 37.6 Å². The molecule has 41 heavy (non-hydrogen) atoms. The first-order chi connectivity index (χ1) is 19.8. The van der Waals surface area contributed by atoms with Crippen LogP contribution in [0.25, 0.3) is 11.3 Å². The van der Waals surface area contributed by atoms with Gasteiger partial charge in [-0.15, -0.1) is 0 Å². The number of ether oxygens (including phenoxy) is 2. The van der Waals surface area contributed by atoms with Gasteiger partial charge in [-0.3, -0.25) is 4.79 Å². The summed E-state index contributed by atoms with van der Waals surface area (Å²) in [7, 11) is -4.09. The molecule has 10 nitrogen and oxygen atoms in total. The Kier molecular flexibility index (Phi) is 7.67. The molecule has 3 aromatic rings. The van der Waals surface area contributed by atoms with E-state index in [-0.39, 0.29) is 37.6 Å². The van der Waals surface area contributed by atoms with Gasteiger partial charge in [0.2, 0.25) is 11.8 Å². The number of sulfonamides is 1. The summed E-state index contributed by atoms with van der Waals surface area (Å²) in [6, 6.07) is 13.6. The zero-order valence-corrected chi connectivity index (χ0v) is 24.1. The van der Waals surface area contributed by atoms with Crippen LogP contribution in [0, 0.1) is 19.8 Å². The smallest absolute Gasteiger partial charge is 0.264 e. The maximum absolute atomic E-state index is 14.0. The summed E-state index contributed by atoms with van der Waals surface area (Å²) in [6.07, 6.45) is 2.39. The van der Waals surface area contributed by atoms with Crippen molar-refractivity contribution < 1.29 is 25.5 Å². The lowest BCUT2D eigenvalue weighted by Crippen LogP contribution is -2.49. The number of carbonyl (C=O) groups excluding carboxylic acids is 1. The second-order valence-electron chi connectivity index (χ2n) is 11.0. The Morgan fingerprint density at radius 1 is 1.02 bits per heavy atom. The van der Waals surface area contributed by atoms with Crippen molar-refractivity contribution in [3.8, 4) is 17.1 Å². The fourth-order valence-electron chi connectivity index (χ4n) is 6.02. The van der Waals surface area contributed by atoms with Gasteiger partial charge in [0.15, 0.2) is 0 Å². The number of benzene rings is 2. The summed E-state index contributed by atoms with van der Waals surface area (Å²) in [5.41, 5.74) is 3.76. The molecule has 2 saturated heterocycles. The normalized spacial score (nSPS) is 22.5. The second kappa shape index (κ2) is 11.4. The first-order valence-corrected chi connectivity index (χ1v) is 15.6. The van der Waals surface area contributed by atoms with Gasteiger partial charge in [0.05, 0.1) is 16.6 Å². The third-order valence-corrected chi connectivity index (χ3v) is 9.56. The highest BCUT2D eigenvalue weighted by molar-refractivity contribution is 7.92. The van der Waals surface area contributed by atoms with E-state index in [1.807, 2.05) is 36.9 Å². The molecule has 0 unspecified atom stereocenters. The Morgan fingerprint density at radius 3 is 2.56 bits per heavy atom. The molecule has 11 heteroatoms. The molecule has 0 aliphatic carbocycles. The van der Waals surface area contributed by atoms with Crippen molar-refractivity contribution in [2.24, 2.45) is 5.92 Å². The summed E-state index contributed by atoms with van der Waals surface area (Å²) in [5.74, 6) is 0.409. The molecule has 6 rings (SSSR count). The Hall–Kier alpha value is -3.54. The molecule has 4 bridgehead atoms. The van der Waals surface area contributed by atoms with Gasteiger partial charge in [-0.2, -0.15) is 4.98 Å². The predicted octanol–water partition coefficient (Wildman–Crippen LogP) is 4.04. The van der Waals surface area contributed by atoms with Gasteiger partial charge < -0.3 is 19.7 Å². The maximum atomic E-state index is 14.0. The van der Waals surface area contributed by atoms with Crippen LogP contribution in [0.3, 0.4) is 0 Å². The summed E-state index contributed by atoms with van der Waals surface area (Å²) >= 11 is 0. The minimum atomic E-state index is -4.09. The Labute approximate surface area is 243 Å². The predicted molar refractivity (Wildman–Crippen MR) is 159 cm³/mol. The Balaban J connectivity index is 0.00000212. The van der Waals surface area contributed by atoms with Crippen molar-refractivity contribution in [3.05, 3.63) is 65.2 Å². The molecule has 1 amide bonds. The highest BCUT2D eigenvalue weighted by Gasteiger charge is 2.38. The molecule has 3 aliphatic heterocycles. The number of fused-ring (bicyclic) bond motifs is 5. The summed E-state index contributed by atoms with van der Waals surface area (Å²) < 4.78 is 41.5. The van der Waals surface area contributed by atoms with E-state index >= 15 is 0 Å². The lowest BCUT2D eigenvalue weighted by Gasteiger charge is -2.34. The number of aromatic nitrogens is 2. The van der Waals surface area contributed by atoms with Crippen LogP contribution >= 0.6 is 0 Å². The first kappa shape index (κ1) is 27.6. The van der Waals surface area contributed by atoms with Gasteiger partial charge in [0, 0.05) is 52.9 Å². The molecule has 220 valence electrons. The lowest BCUT2D eigenvalue weighted by atomic mass is 9.95. The maximum Gasteiger partial charge on any atom is 0.264 e. The van der Waals surface area contributed by atoms with Gasteiger partial charge >= 0.3 is 0 Å². The van der Waals surface area contributed by atoms with Crippen LogP contribution in [-0.4, -0.2) is 74.2 Å². The van der Waals surface area contributed by atoms with Gasteiger partial charge in [0.25, 0.3) is 15.9 Å². The van der Waals surface area contributed by atoms with Gasteiger partial charge in [-0.1, -0.05) is 24.3 Å². The van der Waals surface area contributed by atoms with Crippen LogP contribution in [-0.2, 0) is 14.8 Å². The number of rotatable bonds is 4. The largest absolute Gasteiger partial charge is 0.471 e. The highest BCUT2D eigenvalue weighted by atomic mass is 32.2. The summed E-state index contributed by atoms with van der Waals surface area (Å²) in [4.78, 5) is 24.9. The number of nitrogens with zero attached hydrogens (tertiary/aromatic N) is 3. The number of amides is 1. The van der Waals surface area contributed by atoms with E-state index in [2.05, 4.69) is 20.0 Å². The van der Waals surface area contributed by atoms with Crippen molar-refractivity contribution in [1.82, 2.24) is 20.2 Å². The van der Waals surface area contributed by atoms with Gasteiger partial charge in [-0.25, -0.2) is 18.1 Å². The molecule has 2 fully saturated rings. The van der Waals surface area contributed by atoms with Crippen molar-refractivity contribution in [3.63, 3.8) is 0 Å². The van der Waals surface area contributed by atoms with Crippen LogP contribution < -0.4 is 14.8 Å². The fraction of sp³-hybridized carbons (Fsp3) is 0.433. The van der Waals surface area contributed by atoms with E-state index in [0.29, 0.717) is 36.8 Å². The van der Waals surface area contributed by atoms with Crippen LogP contribution in [0.2, 0.25) is 0 Å². The van der Waals surface area contributed by atoms with E-state index < -0.39 is 10.0 Å². The number of aryl methyl sites for hydroxylation is 2. The molecule has 2 atom stereocenters. The summed E-state index contributed by atoms with van der Waals surface area (Å²) in [6.45, 7) is 7.07. The number of hydrogen-bond acceptors (Lipinski definition) is 8. The molecule has 2 N–H and O–H groups in total. The molecular weight excluding hydrogens is 542 g/mol. The van der Waals surface area contributed by atoms with Crippen molar-refractivity contribution >= 4 is 21.9 Å². The van der Waals surface area contributed by atoms with Crippen LogP contribution in [0.4, 0.5) is 5.95 Å². The van der Waals surface area contributed by atoms with Crippen LogP contribution in [0.1, 0.15) is 43.6 Å². The number of nitrogens with one attached hydrogen (secondary N) is 2. The first-order valence-electron chi connectivity index (χ1n) is 14.1. The molecule has 1 aromatic heterocycles. The monoisotopic (exact) mass is 581 g/mol. The third-order valence-electron chi connectivity index (χ3n) is 8.24. The average molecular weight is 582 g/mol. The number of hydrogen-bond donors (Lipinski definition) is 2. The zero-order valence-electron chi connectivity index (χ0n) is 23.3. The van der Waals surface area contributed by atoms with Crippen molar-refractivity contribution in [2.45, 2.75) is 50.2 Å². The molecule has 2 aromatic carbocycles. The highest BCUT2D eigenvalue weighted by Crippen LogP contribution is 2.31. The third kappa shape index (κ3) is 5.79. The summed E-state index contributed by atoms with van der Waals surface area (Å²) in [5, 5.41) is 3.39. The quantitative estimate of drug-likeness (QED) is 0.473. The standard InChI is InChI=1S/C30H35N5O5S.2H2/c1-19-5-3-6-20(2)28(19)24-16-27-33-30(32-24)34-41(37,38)23-8-4-7-22(15-23)29(36)35(25-17-31-18-26(25)40-27)12-9-21-10-13-39-14-11-21;;/h3-8,15-16,21,25-26,31H,9-14,17-18H2,1-2H3,(H,32,33,34);2*1H/t25-,26-;;/m1../s1. The number of anilines is 1. The SMILES string of the molecule is Cc1cccc(C)c1-c1cc2nc(n1)NS(=O)(=O)c1cccc(c1)C(=O)N(CCC1CCOCC1)[C@@H]1CNC[C@H]1O2.[HH].[HH]. The van der Waals surface area contributed by atoms with Crippen molar-refractivity contribution in [1.29, 1.82) is 0 Å².